The number of primary amides is 1. The van der Waals surface area contributed by atoms with Gasteiger partial charge in [-0.15, -0.1) is 0 Å². The summed E-state index contributed by atoms with van der Waals surface area (Å²) in [5.74, 6) is -1.29. The predicted octanol–water partition coefficient (Wildman–Crippen LogP) is 0.439. The van der Waals surface area contributed by atoms with Crippen LogP contribution in [-0.4, -0.2) is 35.1 Å². The van der Waals surface area contributed by atoms with E-state index in [9.17, 15) is 14.4 Å². The number of carboxylic acid groups (broad SMARTS) is 1. The first-order chi connectivity index (χ1) is 9.29. The molecule has 20 heavy (non-hydrogen) atoms. The van der Waals surface area contributed by atoms with Crippen LogP contribution < -0.4 is 16.4 Å². The van der Waals surface area contributed by atoms with Gasteiger partial charge in [0.15, 0.2) is 0 Å². The summed E-state index contributed by atoms with van der Waals surface area (Å²) >= 11 is 0. The van der Waals surface area contributed by atoms with E-state index in [-0.39, 0.29) is 17.9 Å². The standard InChI is InChI=1S/C13H23N3O4/c1-7(2)5-10(16-13(14)20)11(17)15-9-4-3-8(6-9)12(18)19/h7-10H,3-6H2,1-2H3,(H,15,17)(H,18,19)(H3,14,16,20). The normalized spacial score (nSPS) is 23.4. The number of nitrogens with one attached hydrogen (secondary N) is 2. The molecular formula is C13H23N3O4. The third kappa shape index (κ3) is 5.07. The molecule has 1 aliphatic carbocycles. The number of carbonyl (C=O) groups excluding carboxylic acids is 2. The van der Waals surface area contributed by atoms with E-state index in [0.717, 1.165) is 0 Å². The maximum absolute atomic E-state index is 12.1. The van der Waals surface area contributed by atoms with Gasteiger partial charge in [0, 0.05) is 6.04 Å². The molecule has 3 unspecified atom stereocenters. The van der Waals surface area contributed by atoms with Crippen LogP contribution in [0.2, 0.25) is 0 Å². The summed E-state index contributed by atoms with van der Waals surface area (Å²) in [4.78, 5) is 33.9. The SMILES string of the molecule is CC(C)CC(NC(N)=O)C(=O)NC1CCC(C(=O)O)C1. The first-order valence-corrected chi connectivity index (χ1v) is 6.88. The Morgan fingerprint density at radius 2 is 1.95 bits per heavy atom. The molecule has 0 heterocycles. The summed E-state index contributed by atoms with van der Waals surface area (Å²) < 4.78 is 0. The lowest BCUT2D eigenvalue weighted by molar-refractivity contribution is -0.141. The molecule has 0 spiro atoms. The maximum Gasteiger partial charge on any atom is 0.312 e. The second kappa shape index (κ2) is 7.12. The van der Waals surface area contributed by atoms with Crippen LogP contribution in [0.1, 0.15) is 39.5 Å². The first-order valence-electron chi connectivity index (χ1n) is 6.88. The molecule has 5 N–H and O–H groups in total. The number of hydrogen-bond acceptors (Lipinski definition) is 3. The molecule has 0 aromatic rings. The molecule has 114 valence electrons. The third-order valence-corrected chi connectivity index (χ3v) is 3.47. The molecule has 3 atom stereocenters. The van der Waals surface area contributed by atoms with Crippen LogP contribution in [-0.2, 0) is 9.59 Å². The Balaban J connectivity index is 2.53. The second-order valence-corrected chi connectivity index (χ2v) is 5.74. The molecule has 0 aliphatic heterocycles. The van der Waals surface area contributed by atoms with Gasteiger partial charge in [-0.3, -0.25) is 9.59 Å². The van der Waals surface area contributed by atoms with Gasteiger partial charge in [0.25, 0.3) is 0 Å². The number of carboxylic acids is 1. The summed E-state index contributed by atoms with van der Waals surface area (Å²) in [7, 11) is 0. The highest BCUT2D eigenvalue weighted by atomic mass is 16.4. The van der Waals surface area contributed by atoms with E-state index in [4.69, 9.17) is 10.8 Å². The summed E-state index contributed by atoms with van der Waals surface area (Å²) in [6.45, 7) is 3.89. The van der Waals surface area contributed by atoms with E-state index in [2.05, 4.69) is 10.6 Å². The molecule has 7 heteroatoms. The van der Waals surface area contributed by atoms with Crippen LogP contribution in [0.3, 0.4) is 0 Å². The fourth-order valence-electron chi connectivity index (χ4n) is 2.51. The zero-order chi connectivity index (χ0) is 15.3. The van der Waals surface area contributed by atoms with E-state index in [1.165, 1.54) is 0 Å². The molecule has 0 saturated heterocycles. The molecule has 1 rings (SSSR count). The van der Waals surface area contributed by atoms with E-state index in [1.54, 1.807) is 0 Å². The fourth-order valence-corrected chi connectivity index (χ4v) is 2.51. The average molecular weight is 285 g/mol. The molecule has 0 aromatic carbocycles. The van der Waals surface area contributed by atoms with Gasteiger partial charge in [0.05, 0.1) is 5.92 Å². The molecular weight excluding hydrogens is 262 g/mol. The van der Waals surface area contributed by atoms with Crippen molar-refractivity contribution in [3.05, 3.63) is 0 Å². The number of aliphatic carboxylic acids is 1. The smallest absolute Gasteiger partial charge is 0.312 e. The largest absolute Gasteiger partial charge is 0.481 e. The van der Waals surface area contributed by atoms with Gasteiger partial charge in [-0.2, -0.15) is 0 Å². The zero-order valence-corrected chi connectivity index (χ0v) is 11.9. The lowest BCUT2D eigenvalue weighted by atomic mass is 10.0. The van der Waals surface area contributed by atoms with Crippen molar-refractivity contribution in [2.45, 2.75) is 51.6 Å². The Hall–Kier alpha value is -1.79. The molecule has 0 bridgehead atoms. The van der Waals surface area contributed by atoms with Gasteiger partial charge in [-0.25, -0.2) is 4.79 Å². The van der Waals surface area contributed by atoms with E-state index < -0.39 is 24.0 Å². The zero-order valence-electron chi connectivity index (χ0n) is 11.9. The van der Waals surface area contributed by atoms with Gasteiger partial charge in [-0.1, -0.05) is 13.8 Å². The minimum Gasteiger partial charge on any atom is -0.481 e. The van der Waals surface area contributed by atoms with Gasteiger partial charge >= 0.3 is 12.0 Å². The Kier molecular flexibility index (Phi) is 5.79. The molecule has 3 amide bonds. The second-order valence-electron chi connectivity index (χ2n) is 5.74. The molecule has 1 fully saturated rings. The highest BCUT2D eigenvalue weighted by molar-refractivity contribution is 5.86. The van der Waals surface area contributed by atoms with Crippen molar-refractivity contribution in [2.75, 3.05) is 0 Å². The number of amides is 3. The van der Waals surface area contributed by atoms with Crippen molar-refractivity contribution in [1.82, 2.24) is 10.6 Å². The van der Waals surface area contributed by atoms with E-state index >= 15 is 0 Å². The number of urea groups is 1. The highest BCUT2D eigenvalue weighted by Crippen LogP contribution is 2.25. The van der Waals surface area contributed by atoms with Crippen molar-refractivity contribution in [3.63, 3.8) is 0 Å². The molecule has 1 saturated carbocycles. The van der Waals surface area contributed by atoms with E-state index in [1.807, 2.05) is 13.8 Å². The summed E-state index contributed by atoms with van der Waals surface area (Å²) in [5.41, 5.74) is 5.07. The number of hydrogen-bond donors (Lipinski definition) is 4. The summed E-state index contributed by atoms with van der Waals surface area (Å²) in [6.07, 6.45) is 2.14. The van der Waals surface area contributed by atoms with E-state index in [0.29, 0.717) is 25.7 Å². The van der Waals surface area contributed by atoms with Crippen molar-refractivity contribution >= 4 is 17.9 Å². The minimum absolute atomic E-state index is 0.145. The molecule has 1 aliphatic rings. The van der Waals surface area contributed by atoms with Crippen molar-refractivity contribution in [1.29, 1.82) is 0 Å². The van der Waals surface area contributed by atoms with Crippen LogP contribution in [0.5, 0.6) is 0 Å². The summed E-state index contributed by atoms with van der Waals surface area (Å²) in [5, 5.41) is 14.2. The summed E-state index contributed by atoms with van der Waals surface area (Å²) in [6, 6.07) is -1.55. The minimum atomic E-state index is -0.823. The monoisotopic (exact) mass is 285 g/mol. The Bertz CT molecular complexity index is 384. The van der Waals surface area contributed by atoms with Crippen molar-refractivity contribution in [3.8, 4) is 0 Å². The van der Waals surface area contributed by atoms with Gasteiger partial charge in [0.1, 0.15) is 6.04 Å². The average Bonchev–Trinajstić information content (AvgIpc) is 2.75. The predicted molar refractivity (Wildman–Crippen MR) is 72.9 cm³/mol. The van der Waals surface area contributed by atoms with Crippen LogP contribution in [0.4, 0.5) is 4.79 Å². The van der Waals surface area contributed by atoms with Gasteiger partial charge in [0.2, 0.25) is 5.91 Å². The Labute approximate surface area is 118 Å². The van der Waals surface area contributed by atoms with Crippen LogP contribution >= 0.6 is 0 Å². The van der Waals surface area contributed by atoms with Gasteiger partial charge in [-0.05, 0) is 31.6 Å². The lowest BCUT2D eigenvalue weighted by Crippen LogP contribution is -2.51. The number of rotatable bonds is 6. The van der Waals surface area contributed by atoms with Crippen molar-refractivity contribution < 1.29 is 19.5 Å². The fraction of sp³-hybridized carbons (Fsp3) is 0.769. The van der Waals surface area contributed by atoms with Gasteiger partial charge < -0.3 is 21.5 Å². The molecule has 0 aromatic heterocycles. The number of nitrogens with two attached hydrogens (primary N) is 1. The van der Waals surface area contributed by atoms with Crippen LogP contribution in [0, 0.1) is 11.8 Å². The number of carbonyl (C=O) groups is 3. The van der Waals surface area contributed by atoms with Crippen molar-refractivity contribution in [2.24, 2.45) is 17.6 Å². The topological polar surface area (TPSA) is 122 Å². The maximum atomic E-state index is 12.1. The lowest BCUT2D eigenvalue weighted by Gasteiger charge is -2.21. The van der Waals surface area contributed by atoms with Crippen LogP contribution in [0.15, 0.2) is 0 Å². The quantitative estimate of drug-likeness (QED) is 0.565. The first kappa shape index (κ1) is 16.3. The molecule has 7 nitrogen and oxygen atoms in total. The Morgan fingerprint density at radius 1 is 1.30 bits per heavy atom. The van der Waals surface area contributed by atoms with Crippen LogP contribution in [0.25, 0.3) is 0 Å². The highest BCUT2D eigenvalue weighted by Gasteiger charge is 2.32. The Morgan fingerprint density at radius 3 is 2.40 bits per heavy atom. The third-order valence-electron chi connectivity index (χ3n) is 3.47. The molecule has 0 radical (unpaired) electrons.